The highest BCUT2D eigenvalue weighted by Gasteiger charge is 2.11. The van der Waals surface area contributed by atoms with Crippen LogP contribution in [-0.2, 0) is 14.4 Å². The molecule has 0 aromatic heterocycles. The highest BCUT2D eigenvalue weighted by molar-refractivity contribution is 6.31. The molecule has 0 saturated carbocycles. The molecular formula is C22H22Cl2FN3O6. The van der Waals surface area contributed by atoms with E-state index in [0.717, 1.165) is 6.07 Å². The Hall–Kier alpha value is -3.34. The molecule has 0 fully saturated rings. The molecule has 0 aliphatic carbocycles. The molecule has 2 aromatic carbocycles. The zero-order chi connectivity index (χ0) is 25.1. The molecule has 0 unspecified atom stereocenters. The largest absolute Gasteiger partial charge is 0.484 e. The molecule has 0 atom stereocenters. The topological polar surface area (TPSA) is 126 Å². The standard InChI is InChI=1S/C22H22Cl2FN3O6/c1-13(6-7-26-21(31)11-33-15-3-4-16(24)17(25)9-15)27-22(32)12-34-19-5-2-14(23)8-18(19)28-20(30)10-29/h2-5,8-9,29H,1,6-7,10-12H2,(H,26,31)(H,27,32)(H,28,30). The van der Waals surface area contributed by atoms with E-state index in [1.807, 2.05) is 0 Å². The van der Waals surface area contributed by atoms with Gasteiger partial charge in [0.05, 0.1) is 10.7 Å². The van der Waals surface area contributed by atoms with Gasteiger partial charge in [0, 0.05) is 29.8 Å². The number of aliphatic hydroxyl groups excluding tert-OH is 1. The lowest BCUT2D eigenvalue weighted by Crippen LogP contribution is -2.32. The lowest BCUT2D eigenvalue weighted by molar-refractivity contribution is -0.123. The molecule has 12 heteroatoms. The minimum atomic E-state index is -0.728. The number of benzene rings is 2. The molecule has 182 valence electrons. The summed E-state index contributed by atoms with van der Waals surface area (Å²) in [5, 5.41) is 16.7. The molecule has 2 aromatic rings. The van der Waals surface area contributed by atoms with E-state index in [0.29, 0.717) is 10.7 Å². The third kappa shape index (κ3) is 9.26. The molecule has 0 saturated heterocycles. The molecule has 0 aliphatic heterocycles. The second-order valence-corrected chi connectivity index (χ2v) is 7.60. The van der Waals surface area contributed by atoms with Crippen molar-refractivity contribution in [3.05, 3.63) is 64.5 Å². The van der Waals surface area contributed by atoms with Gasteiger partial charge in [0.1, 0.15) is 23.9 Å². The third-order valence-electron chi connectivity index (χ3n) is 4.04. The fourth-order valence-electron chi connectivity index (χ4n) is 2.47. The molecule has 3 amide bonds. The van der Waals surface area contributed by atoms with Crippen LogP contribution in [0.4, 0.5) is 10.1 Å². The zero-order valence-electron chi connectivity index (χ0n) is 17.8. The van der Waals surface area contributed by atoms with Crippen LogP contribution in [0.3, 0.4) is 0 Å². The van der Waals surface area contributed by atoms with Crippen LogP contribution in [0.25, 0.3) is 0 Å². The number of rotatable bonds is 12. The molecule has 2 rings (SSSR count). The van der Waals surface area contributed by atoms with Crippen LogP contribution in [0, 0.1) is 5.82 Å². The average molecular weight is 514 g/mol. The summed E-state index contributed by atoms with van der Waals surface area (Å²) in [5.74, 6) is -1.94. The van der Waals surface area contributed by atoms with Crippen LogP contribution < -0.4 is 25.4 Å². The van der Waals surface area contributed by atoms with Crippen molar-refractivity contribution >= 4 is 46.6 Å². The lowest BCUT2D eigenvalue weighted by atomic mass is 10.3. The summed E-state index contributed by atoms with van der Waals surface area (Å²) in [7, 11) is 0. The van der Waals surface area contributed by atoms with Gasteiger partial charge in [0.15, 0.2) is 13.2 Å². The molecule has 0 bridgehead atoms. The Bertz CT molecular complexity index is 1070. The summed E-state index contributed by atoms with van der Waals surface area (Å²) >= 11 is 11.5. The first-order valence-electron chi connectivity index (χ1n) is 9.83. The van der Waals surface area contributed by atoms with E-state index in [1.165, 1.54) is 30.3 Å². The van der Waals surface area contributed by atoms with Crippen molar-refractivity contribution in [2.45, 2.75) is 6.42 Å². The van der Waals surface area contributed by atoms with Gasteiger partial charge in [-0.1, -0.05) is 29.8 Å². The van der Waals surface area contributed by atoms with Crippen molar-refractivity contribution in [1.29, 1.82) is 0 Å². The molecule has 4 N–H and O–H groups in total. The summed E-state index contributed by atoms with van der Waals surface area (Å²) in [5.41, 5.74) is 0.531. The van der Waals surface area contributed by atoms with Crippen molar-refractivity contribution in [2.24, 2.45) is 0 Å². The first-order chi connectivity index (χ1) is 16.2. The second kappa shape index (κ2) is 13.4. The predicted molar refractivity (Wildman–Crippen MR) is 124 cm³/mol. The van der Waals surface area contributed by atoms with Gasteiger partial charge < -0.3 is 30.5 Å². The number of anilines is 1. The Morgan fingerprint density at radius 1 is 1.00 bits per heavy atom. The van der Waals surface area contributed by atoms with Gasteiger partial charge >= 0.3 is 0 Å². The van der Waals surface area contributed by atoms with Gasteiger partial charge in [0.2, 0.25) is 5.91 Å². The summed E-state index contributed by atoms with van der Waals surface area (Å²) in [6.07, 6.45) is 0.242. The Morgan fingerprint density at radius 2 is 1.74 bits per heavy atom. The molecule has 9 nitrogen and oxygen atoms in total. The second-order valence-electron chi connectivity index (χ2n) is 6.75. The van der Waals surface area contributed by atoms with Gasteiger partial charge in [-0.25, -0.2) is 4.39 Å². The number of hydrogen-bond donors (Lipinski definition) is 4. The zero-order valence-corrected chi connectivity index (χ0v) is 19.3. The molecule has 0 spiro atoms. The van der Waals surface area contributed by atoms with E-state index in [-0.39, 0.29) is 48.4 Å². The van der Waals surface area contributed by atoms with E-state index in [4.69, 9.17) is 37.8 Å². The monoisotopic (exact) mass is 513 g/mol. The van der Waals surface area contributed by atoms with Crippen LogP contribution in [0.2, 0.25) is 10.0 Å². The number of aliphatic hydroxyl groups is 1. The average Bonchev–Trinajstić information content (AvgIpc) is 2.79. The van der Waals surface area contributed by atoms with Gasteiger partial charge in [-0.15, -0.1) is 0 Å². The SMILES string of the molecule is C=C(CCNC(=O)COc1ccc(Cl)c(F)c1)NC(=O)COc1ccc(Cl)cc1NC(=O)CO. The van der Waals surface area contributed by atoms with Crippen molar-refractivity contribution in [3.8, 4) is 11.5 Å². The van der Waals surface area contributed by atoms with Gasteiger partial charge in [-0.2, -0.15) is 0 Å². The maximum atomic E-state index is 13.4. The van der Waals surface area contributed by atoms with Crippen molar-refractivity contribution in [2.75, 3.05) is 31.7 Å². The van der Waals surface area contributed by atoms with Crippen LogP contribution in [0.1, 0.15) is 6.42 Å². The number of hydrogen-bond acceptors (Lipinski definition) is 6. The Kier molecular flexibility index (Phi) is 10.6. The van der Waals surface area contributed by atoms with Gasteiger partial charge in [-0.05, 0) is 30.3 Å². The minimum absolute atomic E-state index is 0.0511. The number of ether oxygens (including phenoxy) is 2. The fourth-order valence-corrected chi connectivity index (χ4v) is 2.76. The van der Waals surface area contributed by atoms with E-state index >= 15 is 0 Å². The predicted octanol–water partition coefficient (Wildman–Crippen LogP) is 2.66. The minimum Gasteiger partial charge on any atom is -0.484 e. The fraction of sp³-hybridized carbons (Fsp3) is 0.227. The molecule has 34 heavy (non-hydrogen) atoms. The Labute approximate surface area is 204 Å². The van der Waals surface area contributed by atoms with Crippen LogP contribution in [-0.4, -0.2) is 49.2 Å². The first-order valence-corrected chi connectivity index (χ1v) is 10.6. The van der Waals surface area contributed by atoms with E-state index in [1.54, 1.807) is 0 Å². The number of carbonyl (C=O) groups excluding carboxylic acids is 3. The number of amides is 3. The smallest absolute Gasteiger partial charge is 0.262 e. The summed E-state index contributed by atoms with van der Waals surface area (Å²) in [6.45, 7) is 2.44. The molecule has 0 aliphatic rings. The van der Waals surface area contributed by atoms with Crippen molar-refractivity contribution < 1.29 is 33.4 Å². The third-order valence-corrected chi connectivity index (χ3v) is 4.59. The number of carbonyl (C=O) groups is 3. The maximum absolute atomic E-state index is 13.4. The first kappa shape index (κ1) is 26.9. The van der Waals surface area contributed by atoms with Gasteiger partial charge in [-0.3, -0.25) is 14.4 Å². The molecular weight excluding hydrogens is 492 g/mol. The lowest BCUT2D eigenvalue weighted by Gasteiger charge is -2.13. The normalized spacial score (nSPS) is 10.2. The summed E-state index contributed by atoms with van der Waals surface area (Å²) < 4.78 is 23.9. The van der Waals surface area contributed by atoms with E-state index in [2.05, 4.69) is 22.5 Å². The number of nitrogens with one attached hydrogen (secondary N) is 3. The van der Waals surface area contributed by atoms with E-state index in [9.17, 15) is 18.8 Å². The number of halogens is 3. The van der Waals surface area contributed by atoms with Crippen molar-refractivity contribution in [3.63, 3.8) is 0 Å². The van der Waals surface area contributed by atoms with Gasteiger partial charge in [0.25, 0.3) is 11.8 Å². The van der Waals surface area contributed by atoms with Crippen molar-refractivity contribution in [1.82, 2.24) is 10.6 Å². The Balaban J connectivity index is 1.70. The summed E-state index contributed by atoms with van der Waals surface area (Å²) in [6, 6.07) is 8.22. The van der Waals surface area contributed by atoms with Crippen LogP contribution in [0.5, 0.6) is 11.5 Å². The highest BCUT2D eigenvalue weighted by Crippen LogP contribution is 2.28. The molecule has 0 heterocycles. The van der Waals surface area contributed by atoms with E-state index < -0.39 is 30.1 Å². The summed E-state index contributed by atoms with van der Waals surface area (Å²) in [4.78, 5) is 35.3. The quantitative estimate of drug-likeness (QED) is 0.345. The van der Waals surface area contributed by atoms with Crippen LogP contribution in [0.15, 0.2) is 48.7 Å². The van der Waals surface area contributed by atoms with Crippen LogP contribution >= 0.6 is 23.2 Å². The maximum Gasteiger partial charge on any atom is 0.262 e. The Morgan fingerprint density at radius 3 is 2.44 bits per heavy atom. The highest BCUT2D eigenvalue weighted by atomic mass is 35.5. The molecule has 0 radical (unpaired) electrons.